The molecule has 3 aromatic carbocycles. The molecule has 7 heteroatoms. The normalized spacial score (nSPS) is 17.9. The van der Waals surface area contributed by atoms with Gasteiger partial charge in [0, 0.05) is 38.1 Å². The van der Waals surface area contributed by atoms with E-state index in [-0.39, 0.29) is 24.3 Å². The third-order valence-corrected chi connectivity index (χ3v) is 7.73. The number of anilines is 2. The van der Waals surface area contributed by atoms with Crippen LogP contribution in [-0.4, -0.2) is 45.3 Å². The first-order chi connectivity index (χ1) is 18.9. The van der Waals surface area contributed by atoms with Crippen molar-refractivity contribution in [2.24, 2.45) is 0 Å². The molecule has 1 N–H and O–H groups in total. The molecule has 208 valence electrons. The van der Waals surface area contributed by atoms with Gasteiger partial charge in [0.2, 0.25) is 19.0 Å². The lowest BCUT2D eigenvalue weighted by Crippen LogP contribution is -2.23. The molecule has 2 aliphatic heterocycles. The Morgan fingerprint density at radius 1 is 1.00 bits per heavy atom. The number of amides is 1. The fourth-order valence-corrected chi connectivity index (χ4v) is 5.55. The molecule has 6 nitrogen and oxygen atoms in total. The number of fused-ring (bicyclic) bond motifs is 1. The fourth-order valence-electron chi connectivity index (χ4n) is 5.55. The second kappa shape index (κ2) is 13.0. The molecule has 0 unspecified atom stereocenters. The molecule has 2 atom stereocenters. The van der Waals surface area contributed by atoms with Crippen molar-refractivity contribution in [1.29, 1.82) is 0 Å². The van der Waals surface area contributed by atoms with Gasteiger partial charge < -0.3 is 19.7 Å². The summed E-state index contributed by atoms with van der Waals surface area (Å²) >= 11 is 0. The van der Waals surface area contributed by atoms with Gasteiger partial charge in [-0.05, 0) is 78.2 Å². The van der Waals surface area contributed by atoms with Crippen molar-refractivity contribution in [3.63, 3.8) is 0 Å². The smallest absolute Gasteiger partial charge is 0.231 e. The summed E-state index contributed by atoms with van der Waals surface area (Å²) in [5, 5.41) is 2.77. The Kier molecular flexibility index (Phi) is 9.46. The number of para-hydroxylation sites is 1. The van der Waals surface area contributed by atoms with Crippen LogP contribution in [0.5, 0.6) is 11.5 Å². The van der Waals surface area contributed by atoms with E-state index in [9.17, 15) is 9.18 Å². The number of likely N-dealkylation sites (N-methyl/N-ethyl adjacent to an activating group) is 1. The van der Waals surface area contributed by atoms with Crippen molar-refractivity contribution in [1.82, 2.24) is 4.90 Å². The van der Waals surface area contributed by atoms with Crippen molar-refractivity contribution < 1.29 is 18.7 Å². The molecule has 2 heterocycles. The number of aryl methyl sites for hydroxylation is 2. The van der Waals surface area contributed by atoms with E-state index in [1.165, 1.54) is 22.4 Å². The summed E-state index contributed by atoms with van der Waals surface area (Å²) in [7, 11) is 4.10. The number of likely N-dealkylation sites (tertiary alicyclic amines) is 1. The molecule has 39 heavy (non-hydrogen) atoms. The lowest BCUT2D eigenvalue weighted by Gasteiger charge is -2.23. The average molecular weight is 534 g/mol. The molecule has 0 spiro atoms. The molecule has 5 rings (SSSR count). The molecule has 2 aliphatic rings. The van der Waals surface area contributed by atoms with E-state index in [2.05, 4.69) is 60.2 Å². The Labute approximate surface area is 231 Å². The van der Waals surface area contributed by atoms with Gasteiger partial charge in [-0.15, -0.1) is 0 Å². The maximum Gasteiger partial charge on any atom is 0.231 e. The van der Waals surface area contributed by atoms with Crippen molar-refractivity contribution in [2.75, 3.05) is 44.2 Å². The molecular formula is C32H40FN3O3. The first-order valence-electron chi connectivity index (χ1n) is 13.8. The van der Waals surface area contributed by atoms with Crippen LogP contribution in [0.1, 0.15) is 61.4 Å². The minimum atomic E-state index is -0.322. The topological polar surface area (TPSA) is 54.0 Å². The SMILES string of the molecule is CCN1C[C@H](c2cc(F)c3c(c2)OCO3)C[C@@H]1c1ccc(N(C)C)cc1.CCc1cccc(CC)c1NC=O. The Balaban J connectivity index is 0.000000229. The number of carbonyl (C=O) groups excluding carboxylic acids is 1. The van der Waals surface area contributed by atoms with Crippen molar-refractivity contribution in [3.05, 3.63) is 82.7 Å². The van der Waals surface area contributed by atoms with Gasteiger partial charge in [-0.25, -0.2) is 4.39 Å². The number of rotatable bonds is 8. The second-order valence-electron chi connectivity index (χ2n) is 10.2. The second-order valence-corrected chi connectivity index (χ2v) is 10.2. The number of hydrogen-bond donors (Lipinski definition) is 1. The summed E-state index contributed by atoms with van der Waals surface area (Å²) in [5.74, 6) is 0.742. The number of halogens is 1. The highest BCUT2D eigenvalue weighted by Gasteiger charge is 2.34. The Hall–Kier alpha value is -3.58. The van der Waals surface area contributed by atoms with E-state index < -0.39 is 0 Å². The highest BCUT2D eigenvalue weighted by atomic mass is 19.1. The molecule has 0 aromatic heterocycles. The third kappa shape index (κ3) is 6.36. The van der Waals surface area contributed by atoms with Gasteiger partial charge in [-0.1, -0.05) is 51.1 Å². The van der Waals surface area contributed by atoms with Crippen molar-refractivity contribution >= 4 is 17.8 Å². The summed E-state index contributed by atoms with van der Waals surface area (Å²) in [6.07, 6.45) is 3.62. The van der Waals surface area contributed by atoms with Gasteiger partial charge >= 0.3 is 0 Å². The molecule has 1 amide bonds. The minimum Gasteiger partial charge on any atom is -0.453 e. The summed E-state index contributed by atoms with van der Waals surface area (Å²) in [5.41, 5.74) is 6.91. The number of benzene rings is 3. The van der Waals surface area contributed by atoms with Crippen molar-refractivity contribution in [3.8, 4) is 11.5 Å². The first-order valence-corrected chi connectivity index (χ1v) is 13.8. The van der Waals surface area contributed by atoms with Gasteiger partial charge in [0.15, 0.2) is 11.6 Å². The third-order valence-electron chi connectivity index (χ3n) is 7.73. The van der Waals surface area contributed by atoms with Crippen LogP contribution in [-0.2, 0) is 17.6 Å². The summed E-state index contributed by atoms with van der Waals surface area (Å²) in [6.45, 7) is 8.36. The lowest BCUT2D eigenvalue weighted by molar-refractivity contribution is -0.105. The van der Waals surface area contributed by atoms with E-state index in [0.717, 1.165) is 50.0 Å². The van der Waals surface area contributed by atoms with Crippen LogP contribution in [0.15, 0.2) is 54.6 Å². The highest BCUT2D eigenvalue weighted by molar-refractivity contribution is 5.75. The first kappa shape index (κ1) is 28.4. The van der Waals surface area contributed by atoms with Gasteiger partial charge in [-0.3, -0.25) is 9.69 Å². The van der Waals surface area contributed by atoms with Crippen LogP contribution in [0.3, 0.4) is 0 Å². The van der Waals surface area contributed by atoms with Crippen LogP contribution in [0.25, 0.3) is 0 Å². The molecule has 0 bridgehead atoms. The fraction of sp³-hybridized carbons (Fsp3) is 0.406. The summed E-state index contributed by atoms with van der Waals surface area (Å²) in [4.78, 5) is 15.0. The predicted octanol–water partition coefficient (Wildman–Crippen LogP) is 6.55. The van der Waals surface area contributed by atoms with Gasteiger partial charge in [0.25, 0.3) is 0 Å². The van der Waals surface area contributed by atoms with Crippen LogP contribution in [0, 0.1) is 5.82 Å². The largest absolute Gasteiger partial charge is 0.453 e. The van der Waals surface area contributed by atoms with E-state index >= 15 is 0 Å². The zero-order valence-electron chi connectivity index (χ0n) is 23.7. The van der Waals surface area contributed by atoms with Gasteiger partial charge in [-0.2, -0.15) is 0 Å². The summed E-state index contributed by atoms with van der Waals surface area (Å²) in [6, 6.07) is 18.8. The lowest BCUT2D eigenvalue weighted by atomic mass is 9.93. The summed E-state index contributed by atoms with van der Waals surface area (Å²) < 4.78 is 24.9. The highest BCUT2D eigenvalue weighted by Crippen LogP contribution is 2.44. The van der Waals surface area contributed by atoms with Crippen LogP contribution in [0.4, 0.5) is 15.8 Å². The number of nitrogens with zero attached hydrogens (tertiary/aromatic N) is 2. The van der Waals surface area contributed by atoms with Gasteiger partial charge in [0.05, 0.1) is 0 Å². The van der Waals surface area contributed by atoms with E-state index in [1.54, 1.807) is 6.07 Å². The van der Waals surface area contributed by atoms with E-state index in [4.69, 9.17) is 9.47 Å². The molecular weight excluding hydrogens is 493 g/mol. The number of carbonyl (C=O) groups is 1. The number of nitrogens with one attached hydrogen (secondary N) is 1. The quantitative estimate of drug-likeness (QED) is 0.333. The number of ether oxygens (including phenoxy) is 2. The molecule has 0 aliphatic carbocycles. The minimum absolute atomic E-state index is 0.0995. The standard InChI is InChI=1S/C21H25FN2O2.C11H15NO/c1-4-24-12-16(15-9-18(22)21-20(11-15)25-13-26-21)10-19(24)14-5-7-17(8-6-14)23(2)3;1-3-9-6-5-7-10(4-2)11(9)12-8-13/h5-9,11,16,19H,4,10,12-13H2,1-3H3;5-8H,3-4H2,1-2H3,(H,12,13)/t16-,19-;/m1./s1. The van der Waals surface area contributed by atoms with Crippen LogP contribution >= 0.6 is 0 Å². The Bertz CT molecular complexity index is 1240. The van der Waals surface area contributed by atoms with Gasteiger partial charge in [0.1, 0.15) is 0 Å². The predicted molar refractivity (Wildman–Crippen MR) is 156 cm³/mol. The van der Waals surface area contributed by atoms with E-state index in [0.29, 0.717) is 11.8 Å². The maximum atomic E-state index is 14.3. The number of hydrogen-bond acceptors (Lipinski definition) is 5. The van der Waals surface area contributed by atoms with E-state index in [1.807, 2.05) is 38.4 Å². The zero-order valence-corrected chi connectivity index (χ0v) is 23.7. The molecule has 1 saturated heterocycles. The average Bonchev–Trinajstić information content (AvgIpc) is 3.61. The monoisotopic (exact) mass is 533 g/mol. The molecule has 0 saturated carbocycles. The zero-order chi connectivity index (χ0) is 27.9. The van der Waals surface area contributed by atoms with Crippen LogP contribution < -0.4 is 19.7 Å². The molecule has 0 radical (unpaired) electrons. The Morgan fingerprint density at radius 2 is 1.69 bits per heavy atom. The Morgan fingerprint density at radius 3 is 2.28 bits per heavy atom. The van der Waals surface area contributed by atoms with Crippen LogP contribution in [0.2, 0.25) is 0 Å². The van der Waals surface area contributed by atoms with Crippen molar-refractivity contribution in [2.45, 2.75) is 52.0 Å². The molecule has 3 aromatic rings. The molecule has 1 fully saturated rings. The maximum absolute atomic E-state index is 14.3.